The highest BCUT2D eigenvalue weighted by molar-refractivity contribution is 5.80. The molecule has 0 aromatic carbocycles. The fourth-order valence-corrected chi connectivity index (χ4v) is 1.77. The second-order valence-electron chi connectivity index (χ2n) is 3.66. The average molecular weight is 200 g/mol. The van der Waals surface area contributed by atoms with Gasteiger partial charge in [0.2, 0.25) is 0 Å². The summed E-state index contributed by atoms with van der Waals surface area (Å²) >= 11 is 0. The van der Waals surface area contributed by atoms with E-state index in [-0.39, 0.29) is 12.0 Å². The minimum Gasteiger partial charge on any atom is -0.369 e. The van der Waals surface area contributed by atoms with Crippen LogP contribution in [0.5, 0.6) is 0 Å². The Kier molecular flexibility index (Phi) is 4.35. The standard InChI is InChI=1S/C10H20N2O2/c1-4-14-8(2)10(13)12-6-5-9(7-12)11-3/h8-9,11H,4-7H2,1-3H3. The molecular weight excluding hydrogens is 180 g/mol. The number of hydrogen-bond acceptors (Lipinski definition) is 3. The van der Waals surface area contributed by atoms with Crippen molar-refractivity contribution < 1.29 is 9.53 Å². The summed E-state index contributed by atoms with van der Waals surface area (Å²) in [5, 5.41) is 3.18. The molecule has 0 aliphatic carbocycles. The van der Waals surface area contributed by atoms with Crippen LogP contribution in [0.1, 0.15) is 20.3 Å². The Morgan fingerprint density at radius 2 is 2.43 bits per heavy atom. The van der Waals surface area contributed by atoms with Gasteiger partial charge in [-0.05, 0) is 27.3 Å². The third-order valence-corrected chi connectivity index (χ3v) is 2.67. The van der Waals surface area contributed by atoms with E-state index >= 15 is 0 Å². The van der Waals surface area contributed by atoms with Gasteiger partial charge in [-0.25, -0.2) is 0 Å². The number of rotatable bonds is 4. The zero-order valence-electron chi connectivity index (χ0n) is 9.25. The van der Waals surface area contributed by atoms with Gasteiger partial charge in [-0.2, -0.15) is 0 Å². The number of nitrogens with one attached hydrogen (secondary N) is 1. The van der Waals surface area contributed by atoms with Gasteiger partial charge in [0.1, 0.15) is 6.10 Å². The smallest absolute Gasteiger partial charge is 0.251 e. The fraction of sp³-hybridized carbons (Fsp3) is 0.900. The fourth-order valence-electron chi connectivity index (χ4n) is 1.77. The topological polar surface area (TPSA) is 41.6 Å². The van der Waals surface area contributed by atoms with E-state index in [0.717, 1.165) is 19.5 Å². The first kappa shape index (κ1) is 11.5. The zero-order chi connectivity index (χ0) is 10.6. The molecule has 1 amide bonds. The van der Waals surface area contributed by atoms with E-state index in [1.807, 2.05) is 25.8 Å². The summed E-state index contributed by atoms with van der Waals surface area (Å²) in [7, 11) is 1.94. The summed E-state index contributed by atoms with van der Waals surface area (Å²) in [6.45, 7) is 5.98. The van der Waals surface area contributed by atoms with Crippen molar-refractivity contribution >= 4 is 5.91 Å². The van der Waals surface area contributed by atoms with E-state index in [0.29, 0.717) is 12.6 Å². The molecule has 0 radical (unpaired) electrons. The molecule has 82 valence electrons. The van der Waals surface area contributed by atoms with Crippen LogP contribution in [0.2, 0.25) is 0 Å². The normalized spacial score (nSPS) is 23.9. The molecule has 0 bridgehead atoms. The van der Waals surface area contributed by atoms with E-state index in [1.165, 1.54) is 0 Å². The third-order valence-electron chi connectivity index (χ3n) is 2.67. The summed E-state index contributed by atoms with van der Waals surface area (Å²) in [4.78, 5) is 13.6. The highest BCUT2D eigenvalue weighted by Crippen LogP contribution is 2.11. The van der Waals surface area contributed by atoms with Gasteiger partial charge in [-0.3, -0.25) is 4.79 Å². The van der Waals surface area contributed by atoms with Crippen molar-refractivity contribution in [1.29, 1.82) is 0 Å². The molecule has 1 aliphatic rings. The SMILES string of the molecule is CCOC(C)C(=O)N1CCC(NC)C1. The lowest BCUT2D eigenvalue weighted by Gasteiger charge is -2.20. The molecule has 4 heteroatoms. The van der Waals surface area contributed by atoms with Crippen LogP contribution < -0.4 is 5.32 Å². The summed E-state index contributed by atoms with van der Waals surface area (Å²) in [5.41, 5.74) is 0. The molecule has 1 heterocycles. The van der Waals surface area contributed by atoms with Gasteiger partial charge >= 0.3 is 0 Å². The van der Waals surface area contributed by atoms with Gasteiger partial charge in [-0.15, -0.1) is 0 Å². The van der Waals surface area contributed by atoms with E-state index < -0.39 is 0 Å². The lowest BCUT2D eigenvalue weighted by molar-refractivity contribution is -0.141. The molecule has 0 aromatic rings. The van der Waals surface area contributed by atoms with Gasteiger partial charge in [0, 0.05) is 25.7 Å². The first-order valence-corrected chi connectivity index (χ1v) is 5.26. The molecule has 1 aliphatic heterocycles. The Hall–Kier alpha value is -0.610. The number of hydrogen-bond donors (Lipinski definition) is 1. The van der Waals surface area contributed by atoms with Crippen LogP contribution >= 0.6 is 0 Å². The Morgan fingerprint density at radius 3 is 2.93 bits per heavy atom. The molecule has 0 aromatic heterocycles. The van der Waals surface area contributed by atoms with E-state index in [2.05, 4.69) is 5.32 Å². The number of carbonyl (C=O) groups is 1. The molecule has 2 atom stereocenters. The maximum atomic E-state index is 11.8. The molecule has 0 spiro atoms. The van der Waals surface area contributed by atoms with E-state index in [1.54, 1.807) is 0 Å². The van der Waals surface area contributed by atoms with Crippen LogP contribution in [0.4, 0.5) is 0 Å². The summed E-state index contributed by atoms with van der Waals surface area (Å²) < 4.78 is 5.27. The first-order valence-electron chi connectivity index (χ1n) is 5.26. The number of amides is 1. The molecule has 1 rings (SSSR count). The third kappa shape index (κ3) is 2.69. The van der Waals surface area contributed by atoms with Crippen molar-refractivity contribution in [2.24, 2.45) is 0 Å². The van der Waals surface area contributed by atoms with Crippen LogP contribution in [-0.2, 0) is 9.53 Å². The Balaban J connectivity index is 2.38. The highest BCUT2D eigenvalue weighted by Gasteiger charge is 2.28. The van der Waals surface area contributed by atoms with Gasteiger partial charge in [0.25, 0.3) is 5.91 Å². The van der Waals surface area contributed by atoms with Crippen LogP contribution in [0.15, 0.2) is 0 Å². The number of carbonyl (C=O) groups excluding carboxylic acids is 1. The summed E-state index contributed by atoms with van der Waals surface area (Å²) in [5.74, 6) is 0.115. The lowest BCUT2D eigenvalue weighted by Crippen LogP contribution is -2.39. The molecule has 14 heavy (non-hydrogen) atoms. The molecule has 1 fully saturated rings. The van der Waals surface area contributed by atoms with Crippen molar-refractivity contribution in [3.8, 4) is 0 Å². The predicted molar refractivity (Wildman–Crippen MR) is 55.1 cm³/mol. The van der Waals surface area contributed by atoms with Crippen molar-refractivity contribution in [2.75, 3.05) is 26.7 Å². The number of nitrogens with zero attached hydrogens (tertiary/aromatic N) is 1. The summed E-state index contributed by atoms with van der Waals surface area (Å²) in [6.07, 6.45) is 0.747. The Morgan fingerprint density at radius 1 is 1.71 bits per heavy atom. The lowest BCUT2D eigenvalue weighted by atomic mass is 10.3. The first-order chi connectivity index (χ1) is 6.69. The largest absolute Gasteiger partial charge is 0.369 e. The quantitative estimate of drug-likeness (QED) is 0.706. The summed E-state index contributed by atoms with van der Waals surface area (Å²) in [6, 6.07) is 0.452. The molecular formula is C10H20N2O2. The van der Waals surface area contributed by atoms with E-state index in [4.69, 9.17) is 4.74 Å². The van der Waals surface area contributed by atoms with Gasteiger partial charge in [0.15, 0.2) is 0 Å². The molecule has 4 nitrogen and oxygen atoms in total. The van der Waals surface area contributed by atoms with Crippen molar-refractivity contribution in [3.63, 3.8) is 0 Å². The second kappa shape index (κ2) is 5.32. The molecule has 1 saturated heterocycles. The van der Waals surface area contributed by atoms with Crippen LogP contribution in [0, 0.1) is 0 Å². The van der Waals surface area contributed by atoms with Crippen molar-refractivity contribution in [2.45, 2.75) is 32.4 Å². The van der Waals surface area contributed by atoms with Gasteiger partial charge in [-0.1, -0.05) is 0 Å². The minimum absolute atomic E-state index is 0.115. The molecule has 0 saturated carbocycles. The maximum Gasteiger partial charge on any atom is 0.251 e. The minimum atomic E-state index is -0.296. The van der Waals surface area contributed by atoms with Gasteiger partial charge in [0.05, 0.1) is 0 Å². The van der Waals surface area contributed by atoms with E-state index in [9.17, 15) is 4.79 Å². The Labute approximate surface area is 85.6 Å². The maximum absolute atomic E-state index is 11.8. The number of likely N-dealkylation sites (N-methyl/N-ethyl adjacent to an activating group) is 1. The van der Waals surface area contributed by atoms with Crippen LogP contribution in [0.3, 0.4) is 0 Å². The Bertz CT molecular complexity index is 197. The van der Waals surface area contributed by atoms with Crippen molar-refractivity contribution in [3.05, 3.63) is 0 Å². The predicted octanol–water partition coefficient (Wildman–Crippen LogP) is 0.232. The van der Waals surface area contributed by atoms with Crippen molar-refractivity contribution in [1.82, 2.24) is 10.2 Å². The monoisotopic (exact) mass is 200 g/mol. The van der Waals surface area contributed by atoms with Crippen LogP contribution in [0.25, 0.3) is 0 Å². The number of ether oxygens (including phenoxy) is 1. The second-order valence-corrected chi connectivity index (χ2v) is 3.66. The van der Waals surface area contributed by atoms with Crippen LogP contribution in [-0.4, -0.2) is 49.7 Å². The highest BCUT2D eigenvalue weighted by atomic mass is 16.5. The molecule has 2 unspecified atom stereocenters. The average Bonchev–Trinajstić information content (AvgIpc) is 2.65. The van der Waals surface area contributed by atoms with Gasteiger partial charge < -0.3 is 15.0 Å². The molecule has 1 N–H and O–H groups in total. The number of likely N-dealkylation sites (tertiary alicyclic amines) is 1. The zero-order valence-corrected chi connectivity index (χ0v) is 9.25.